The quantitative estimate of drug-likeness (QED) is 0.842. The van der Waals surface area contributed by atoms with E-state index in [1.807, 2.05) is 0 Å². The summed E-state index contributed by atoms with van der Waals surface area (Å²) in [5, 5.41) is 0. The van der Waals surface area contributed by atoms with Crippen LogP contribution in [-0.2, 0) is 11.2 Å². The third-order valence-electron chi connectivity index (χ3n) is 5.70. The Morgan fingerprint density at radius 3 is 2.60 bits per heavy atom. The zero-order valence-corrected chi connectivity index (χ0v) is 11.6. The molecule has 0 saturated heterocycles. The average Bonchev–Trinajstić information content (AvgIpc) is 2.88. The van der Waals surface area contributed by atoms with Crippen LogP contribution in [0.1, 0.15) is 24.8 Å². The van der Waals surface area contributed by atoms with Gasteiger partial charge in [-0.3, -0.25) is 4.79 Å². The Balaban J connectivity index is 1.45. The van der Waals surface area contributed by atoms with Gasteiger partial charge in [0.15, 0.2) is 11.6 Å². The van der Waals surface area contributed by atoms with E-state index < -0.39 is 0 Å². The van der Waals surface area contributed by atoms with Crippen molar-refractivity contribution in [3.8, 4) is 5.75 Å². The molecule has 20 heavy (non-hydrogen) atoms. The van der Waals surface area contributed by atoms with Gasteiger partial charge < -0.3 is 4.74 Å². The van der Waals surface area contributed by atoms with Crippen LogP contribution in [0, 0.1) is 35.4 Å². The van der Waals surface area contributed by atoms with E-state index in [1.165, 1.54) is 32.4 Å². The van der Waals surface area contributed by atoms with E-state index in [2.05, 4.69) is 0 Å². The molecule has 3 saturated carbocycles. The largest absolute Gasteiger partial charge is 0.494 e. The normalized spacial score (nSPS) is 36.8. The molecule has 1 aromatic carbocycles. The Hall–Kier alpha value is -1.38. The van der Waals surface area contributed by atoms with Gasteiger partial charge in [0.05, 0.1) is 7.11 Å². The van der Waals surface area contributed by atoms with Crippen LogP contribution >= 0.6 is 0 Å². The first-order valence-electron chi connectivity index (χ1n) is 7.54. The van der Waals surface area contributed by atoms with Crippen LogP contribution < -0.4 is 4.74 Å². The zero-order valence-electron chi connectivity index (χ0n) is 11.6. The molecule has 4 atom stereocenters. The standard InChI is InChI=1S/C17H19FO2/c1-20-14-5-2-9(6-12(14)18)7-13(19)17-15-10-3-4-11(8-10)16(15)17/h2,5-6,10-11,15-17H,3-4,7-8H2,1H3. The number of ketones is 1. The van der Waals surface area contributed by atoms with Gasteiger partial charge in [0.2, 0.25) is 0 Å². The summed E-state index contributed by atoms with van der Waals surface area (Å²) in [5.41, 5.74) is 0.769. The lowest BCUT2D eigenvalue weighted by atomic mass is 9.96. The molecule has 3 aliphatic carbocycles. The molecule has 1 aromatic rings. The molecule has 3 fully saturated rings. The molecule has 0 spiro atoms. The van der Waals surface area contributed by atoms with Crippen LogP contribution in [0.15, 0.2) is 18.2 Å². The molecule has 4 rings (SSSR count). The number of fused-ring (bicyclic) bond motifs is 5. The fourth-order valence-corrected chi connectivity index (χ4v) is 4.89. The minimum atomic E-state index is -0.381. The lowest BCUT2D eigenvalue weighted by molar-refractivity contribution is -0.120. The van der Waals surface area contributed by atoms with E-state index in [1.54, 1.807) is 12.1 Å². The predicted molar refractivity (Wildman–Crippen MR) is 73.0 cm³/mol. The topological polar surface area (TPSA) is 26.3 Å². The summed E-state index contributed by atoms with van der Waals surface area (Å²) in [4.78, 5) is 12.4. The van der Waals surface area contributed by atoms with Gasteiger partial charge in [-0.2, -0.15) is 0 Å². The maximum absolute atomic E-state index is 13.6. The molecule has 3 heteroatoms. The van der Waals surface area contributed by atoms with Crippen LogP contribution in [0.25, 0.3) is 0 Å². The Kier molecular flexibility index (Phi) is 2.66. The first kappa shape index (κ1) is 12.4. The van der Waals surface area contributed by atoms with Crippen molar-refractivity contribution in [1.29, 1.82) is 0 Å². The number of Topliss-reactive ketones (excluding diaryl/α,β-unsaturated/α-hetero) is 1. The zero-order chi connectivity index (χ0) is 13.9. The van der Waals surface area contributed by atoms with Gasteiger partial charge in [0, 0.05) is 12.3 Å². The Morgan fingerprint density at radius 1 is 1.30 bits per heavy atom. The van der Waals surface area contributed by atoms with Crippen LogP contribution in [0.4, 0.5) is 4.39 Å². The first-order valence-corrected chi connectivity index (χ1v) is 7.54. The molecule has 0 aliphatic heterocycles. The van der Waals surface area contributed by atoms with E-state index in [9.17, 15) is 9.18 Å². The van der Waals surface area contributed by atoms with Gasteiger partial charge in [-0.15, -0.1) is 0 Å². The number of hydrogen-bond donors (Lipinski definition) is 0. The maximum atomic E-state index is 13.6. The number of ether oxygens (including phenoxy) is 1. The third kappa shape index (κ3) is 1.72. The van der Waals surface area contributed by atoms with Crippen molar-refractivity contribution in [2.24, 2.45) is 29.6 Å². The summed E-state index contributed by atoms with van der Waals surface area (Å²) >= 11 is 0. The van der Waals surface area contributed by atoms with E-state index in [-0.39, 0.29) is 17.5 Å². The Morgan fingerprint density at radius 2 is 2.00 bits per heavy atom. The fraction of sp³-hybridized carbons (Fsp3) is 0.588. The molecule has 0 radical (unpaired) electrons. The highest BCUT2D eigenvalue weighted by molar-refractivity contribution is 5.86. The number of carbonyl (C=O) groups is 1. The van der Waals surface area contributed by atoms with Crippen molar-refractivity contribution in [2.45, 2.75) is 25.7 Å². The van der Waals surface area contributed by atoms with Crippen molar-refractivity contribution < 1.29 is 13.9 Å². The molecule has 3 aliphatic rings. The number of benzene rings is 1. The molecular weight excluding hydrogens is 255 g/mol. The SMILES string of the molecule is COc1ccc(CC(=O)C2C3C4CCC(C4)C23)cc1F. The second-order valence-corrected chi connectivity index (χ2v) is 6.63. The summed E-state index contributed by atoms with van der Waals surface area (Å²) in [5.74, 6) is 3.43. The van der Waals surface area contributed by atoms with Crippen molar-refractivity contribution in [1.82, 2.24) is 0 Å². The predicted octanol–water partition coefficient (Wildman–Crippen LogP) is 3.24. The first-order chi connectivity index (χ1) is 9.69. The molecule has 2 bridgehead atoms. The van der Waals surface area contributed by atoms with Gasteiger partial charge in [-0.1, -0.05) is 6.07 Å². The molecular formula is C17H19FO2. The molecule has 0 N–H and O–H groups in total. The Labute approximate surface area is 118 Å². The number of hydrogen-bond acceptors (Lipinski definition) is 2. The van der Waals surface area contributed by atoms with Crippen molar-refractivity contribution in [3.05, 3.63) is 29.6 Å². The van der Waals surface area contributed by atoms with Crippen molar-refractivity contribution >= 4 is 5.78 Å². The average molecular weight is 274 g/mol. The monoisotopic (exact) mass is 274 g/mol. The molecule has 0 amide bonds. The van der Waals surface area contributed by atoms with E-state index in [4.69, 9.17) is 4.74 Å². The lowest BCUT2D eigenvalue weighted by Gasteiger charge is -2.08. The minimum Gasteiger partial charge on any atom is -0.494 e. The van der Waals surface area contributed by atoms with Gasteiger partial charge in [0.1, 0.15) is 5.78 Å². The number of halogens is 1. The van der Waals surface area contributed by atoms with Gasteiger partial charge in [-0.25, -0.2) is 4.39 Å². The summed E-state index contributed by atoms with van der Waals surface area (Å²) in [6, 6.07) is 4.84. The van der Waals surface area contributed by atoms with Gasteiger partial charge >= 0.3 is 0 Å². The molecule has 0 aromatic heterocycles. The summed E-state index contributed by atoms with van der Waals surface area (Å²) in [6.45, 7) is 0. The highest BCUT2D eigenvalue weighted by atomic mass is 19.1. The smallest absolute Gasteiger partial charge is 0.165 e. The van der Waals surface area contributed by atoms with E-state index in [0.29, 0.717) is 24.0 Å². The van der Waals surface area contributed by atoms with Crippen LogP contribution in [-0.4, -0.2) is 12.9 Å². The van der Waals surface area contributed by atoms with Gasteiger partial charge in [-0.05, 0) is 60.6 Å². The second-order valence-electron chi connectivity index (χ2n) is 6.63. The molecule has 4 unspecified atom stereocenters. The highest BCUT2D eigenvalue weighted by Crippen LogP contribution is 2.69. The summed E-state index contributed by atoms with van der Waals surface area (Å²) in [6.07, 6.45) is 4.38. The second kappa shape index (κ2) is 4.31. The van der Waals surface area contributed by atoms with Crippen molar-refractivity contribution in [3.63, 3.8) is 0 Å². The lowest BCUT2D eigenvalue weighted by Crippen LogP contribution is -2.12. The number of carbonyl (C=O) groups excluding carboxylic acids is 1. The number of methoxy groups -OCH3 is 1. The highest BCUT2D eigenvalue weighted by Gasteiger charge is 2.66. The molecule has 106 valence electrons. The molecule has 0 heterocycles. The minimum absolute atomic E-state index is 0.238. The maximum Gasteiger partial charge on any atom is 0.165 e. The van der Waals surface area contributed by atoms with Crippen LogP contribution in [0.3, 0.4) is 0 Å². The van der Waals surface area contributed by atoms with Crippen LogP contribution in [0.5, 0.6) is 5.75 Å². The fourth-order valence-electron chi connectivity index (χ4n) is 4.89. The Bertz CT molecular complexity index is 552. The van der Waals surface area contributed by atoms with Crippen LogP contribution in [0.2, 0.25) is 0 Å². The van der Waals surface area contributed by atoms with E-state index >= 15 is 0 Å². The van der Waals surface area contributed by atoms with E-state index in [0.717, 1.165) is 17.4 Å². The number of rotatable bonds is 4. The van der Waals surface area contributed by atoms with Crippen molar-refractivity contribution in [2.75, 3.05) is 7.11 Å². The summed E-state index contributed by atoms with van der Waals surface area (Å²) in [7, 11) is 1.45. The third-order valence-corrected chi connectivity index (χ3v) is 5.70. The molecule has 2 nitrogen and oxygen atoms in total. The summed E-state index contributed by atoms with van der Waals surface area (Å²) < 4.78 is 18.5. The van der Waals surface area contributed by atoms with Gasteiger partial charge in [0.25, 0.3) is 0 Å².